The Morgan fingerprint density at radius 3 is 0.833 bits per heavy atom. The summed E-state index contributed by atoms with van der Waals surface area (Å²) in [5.74, 6) is 0.884. The molecule has 0 radical (unpaired) electrons. The second kappa shape index (κ2) is 16.7. The minimum absolute atomic E-state index is 0.0139. The van der Waals surface area contributed by atoms with E-state index in [2.05, 4.69) is 83.1 Å². The van der Waals surface area contributed by atoms with Gasteiger partial charge >= 0.3 is 0 Å². The van der Waals surface area contributed by atoms with Crippen LogP contribution < -0.4 is 0 Å². The van der Waals surface area contributed by atoms with Crippen LogP contribution in [0.1, 0.15) is 129 Å². The molecule has 1 heteroatoms. The summed E-state index contributed by atoms with van der Waals surface area (Å²) < 4.78 is 0. The highest BCUT2D eigenvalue weighted by atomic mass is 35.5. The highest BCUT2D eigenvalue weighted by molar-refractivity contribution is 6.23. The van der Waals surface area contributed by atoms with Crippen LogP contribution in [0, 0.1) is 16.7 Å². The number of hydrogen-bond acceptors (Lipinski definition) is 0. The van der Waals surface area contributed by atoms with E-state index in [0.29, 0.717) is 10.8 Å². The molecule has 0 aliphatic rings. The second-order valence-corrected chi connectivity index (χ2v) is 10.7. The van der Waals surface area contributed by atoms with Gasteiger partial charge in [-0.15, -0.1) is 11.6 Å². The van der Waals surface area contributed by atoms with E-state index in [9.17, 15) is 0 Å². The molecule has 0 saturated carbocycles. The Hall–Kier alpha value is 0.290. The maximum atomic E-state index is 5.72. The molecule has 0 fully saturated rings. The standard InChI is InChI=1S/C7H16.C6H14.C5H11Cl.C5H12/c1-5-7(3,4)6-2;1-5-6(2,3)4;1-4-5(2,3)6;1-4-5(2)3/h5-6H2,1-4H3;5H2,1-4H3;4H2,1-3H3;5H,4H2,1-3H3. The van der Waals surface area contributed by atoms with Gasteiger partial charge in [-0.05, 0) is 37.0 Å². The number of rotatable bonds is 4. The van der Waals surface area contributed by atoms with Crippen LogP contribution in [0.5, 0.6) is 0 Å². The molecule has 0 N–H and O–H groups in total. The topological polar surface area (TPSA) is 0 Å². The lowest BCUT2D eigenvalue weighted by atomic mass is 9.88. The van der Waals surface area contributed by atoms with Gasteiger partial charge < -0.3 is 0 Å². The fourth-order valence-electron chi connectivity index (χ4n) is 0.250. The molecule has 0 aromatic carbocycles. The molecule has 0 aromatic rings. The van der Waals surface area contributed by atoms with E-state index in [0.717, 1.165) is 12.3 Å². The first-order chi connectivity index (χ1) is 10.5. The van der Waals surface area contributed by atoms with Gasteiger partial charge in [0.05, 0.1) is 0 Å². The number of hydrogen-bond donors (Lipinski definition) is 0. The van der Waals surface area contributed by atoms with Gasteiger partial charge in [0.1, 0.15) is 0 Å². The van der Waals surface area contributed by atoms with Crippen LogP contribution in [0.3, 0.4) is 0 Å². The lowest BCUT2D eigenvalue weighted by molar-refractivity contribution is 0.338. The van der Waals surface area contributed by atoms with Crippen molar-refractivity contribution in [3.8, 4) is 0 Å². The van der Waals surface area contributed by atoms with Crippen molar-refractivity contribution in [2.75, 3.05) is 0 Å². The Morgan fingerprint density at radius 2 is 0.833 bits per heavy atom. The van der Waals surface area contributed by atoms with Crippen molar-refractivity contribution < 1.29 is 0 Å². The largest absolute Gasteiger partial charge is 0.120 e. The summed E-state index contributed by atoms with van der Waals surface area (Å²) >= 11 is 5.72. The number of alkyl halides is 1. The normalized spacial score (nSPS) is 11.5. The molecule has 0 bridgehead atoms. The number of halogens is 1. The molecule has 152 valence electrons. The summed E-state index contributed by atoms with van der Waals surface area (Å²) in [7, 11) is 0. The lowest BCUT2D eigenvalue weighted by Crippen LogP contribution is -2.05. The molecule has 0 aliphatic heterocycles. The van der Waals surface area contributed by atoms with Crippen molar-refractivity contribution in [3.63, 3.8) is 0 Å². The highest BCUT2D eigenvalue weighted by Gasteiger charge is 2.09. The van der Waals surface area contributed by atoms with Crippen molar-refractivity contribution in [2.45, 2.75) is 134 Å². The molecule has 0 amide bonds. The van der Waals surface area contributed by atoms with E-state index in [1.807, 2.05) is 13.8 Å². The van der Waals surface area contributed by atoms with Gasteiger partial charge in [0.25, 0.3) is 0 Å². The van der Waals surface area contributed by atoms with E-state index in [1.165, 1.54) is 25.7 Å². The second-order valence-electron chi connectivity index (χ2n) is 9.66. The van der Waals surface area contributed by atoms with Gasteiger partial charge in [0.2, 0.25) is 0 Å². The Balaban J connectivity index is -0.000000112. The van der Waals surface area contributed by atoms with E-state index >= 15 is 0 Å². The fourth-order valence-corrected chi connectivity index (χ4v) is 0.250. The summed E-state index contributed by atoms with van der Waals surface area (Å²) in [6, 6.07) is 0. The highest BCUT2D eigenvalue weighted by Crippen LogP contribution is 2.22. The SMILES string of the molecule is CCC(C)(C)C.CCC(C)(C)CC.CCC(C)(C)Cl.CCC(C)C. The monoisotopic (exact) mass is 364 g/mol. The first kappa shape index (κ1) is 32.0. The fraction of sp³-hybridized carbons (Fsp3) is 1.00. The molecule has 24 heavy (non-hydrogen) atoms. The van der Waals surface area contributed by atoms with Crippen LogP contribution in [0.4, 0.5) is 0 Å². The zero-order chi connectivity index (χ0) is 20.6. The average Bonchev–Trinajstić information content (AvgIpc) is 2.47. The summed E-state index contributed by atoms with van der Waals surface area (Å²) in [5, 5.41) is 0. The van der Waals surface area contributed by atoms with Gasteiger partial charge in [0.15, 0.2) is 0 Å². The minimum Gasteiger partial charge on any atom is -0.120 e. The maximum absolute atomic E-state index is 5.72. The third-order valence-corrected chi connectivity index (χ3v) is 4.90. The van der Waals surface area contributed by atoms with Crippen molar-refractivity contribution in [1.82, 2.24) is 0 Å². The van der Waals surface area contributed by atoms with Crippen LogP contribution in [-0.4, -0.2) is 4.87 Å². The first-order valence-corrected chi connectivity index (χ1v) is 10.6. The molecular weight excluding hydrogens is 312 g/mol. The van der Waals surface area contributed by atoms with E-state index < -0.39 is 0 Å². The van der Waals surface area contributed by atoms with Gasteiger partial charge in [-0.1, -0.05) is 109 Å². The molecule has 0 unspecified atom stereocenters. The zero-order valence-electron chi connectivity index (χ0n) is 20.0. The van der Waals surface area contributed by atoms with Crippen LogP contribution in [0.15, 0.2) is 0 Å². The Kier molecular flexibility index (Phi) is 22.3. The first-order valence-electron chi connectivity index (χ1n) is 10.2. The summed E-state index contributed by atoms with van der Waals surface area (Å²) in [6.45, 7) is 30.8. The third kappa shape index (κ3) is 49.5. The van der Waals surface area contributed by atoms with Crippen molar-refractivity contribution in [1.29, 1.82) is 0 Å². The van der Waals surface area contributed by atoms with Crippen molar-refractivity contribution in [3.05, 3.63) is 0 Å². The maximum Gasteiger partial charge on any atom is 0.0388 e. The van der Waals surface area contributed by atoms with Gasteiger partial charge in [-0.25, -0.2) is 0 Å². The minimum atomic E-state index is 0.0139. The van der Waals surface area contributed by atoms with E-state index in [-0.39, 0.29) is 4.87 Å². The molecule has 0 nitrogen and oxygen atoms in total. The lowest BCUT2D eigenvalue weighted by Gasteiger charge is -2.18. The van der Waals surface area contributed by atoms with E-state index in [1.54, 1.807) is 0 Å². The molecule has 0 aliphatic carbocycles. The Morgan fingerprint density at radius 1 is 0.625 bits per heavy atom. The average molecular weight is 365 g/mol. The summed E-state index contributed by atoms with van der Waals surface area (Å²) in [6.07, 6.45) is 6.20. The Labute approximate surface area is 162 Å². The van der Waals surface area contributed by atoms with Crippen LogP contribution in [0.2, 0.25) is 0 Å². The van der Waals surface area contributed by atoms with Crippen LogP contribution >= 0.6 is 11.6 Å². The van der Waals surface area contributed by atoms with Crippen LogP contribution in [-0.2, 0) is 0 Å². The van der Waals surface area contributed by atoms with Gasteiger partial charge in [-0.2, -0.15) is 0 Å². The smallest absolute Gasteiger partial charge is 0.0388 e. The molecule has 0 saturated heterocycles. The zero-order valence-corrected chi connectivity index (χ0v) is 20.7. The third-order valence-electron chi connectivity index (χ3n) is 4.63. The molecule has 0 heterocycles. The quantitative estimate of drug-likeness (QED) is 0.435. The van der Waals surface area contributed by atoms with E-state index in [4.69, 9.17) is 11.6 Å². The predicted octanol–water partition coefficient (Wildman–Crippen LogP) is 9.74. The van der Waals surface area contributed by atoms with Crippen LogP contribution in [0.25, 0.3) is 0 Å². The predicted molar refractivity (Wildman–Crippen MR) is 119 cm³/mol. The molecule has 0 spiro atoms. The van der Waals surface area contributed by atoms with Gasteiger partial charge in [-0.3, -0.25) is 0 Å². The molecule has 0 rings (SSSR count). The Bertz CT molecular complexity index is 205. The molecule has 0 aromatic heterocycles. The van der Waals surface area contributed by atoms with Gasteiger partial charge in [0, 0.05) is 4.87 Å². The summed E-state index contributed by atoms with van der Waals surface area (Å²) in [4.78, 5) is 0.0139. The molecular formula is C23H53Cl. The summed E-state index contributed by atoms with van der Waals surface area (Å²) in [5.41, 5.74) is 1.12. The van der Waals surface area contributed by atoms with Crippen molar-refractivity contribution >= 4 is 11.6 Å². The van der Waals surface area contributed by atoms with Crippen molar-refractivity contribution in [2.24, 2.45) is 16.7 Å². The molecule has 0 atom stereocenters.